The lowest BCUT2D eigenvalue weighted by Crippen LogP contribution is -2.29. The van der Waals surface area contributed by atoms with Crippen LogP contribution in [0.3, 0.4) is 0 Å². The zero-order valence-corrected chi connectivity index (χ0v) is 41.7. The van der Waals surface area contributed by atoms with Gasteiger partial charge in [0.1, 0.15) is 6.73 Å². The van der Waals surface area contributed by atoms with Crippen LogP contribution in [0.15, 0.2) is 156 Å². The molecule has 364 valence electrons. The molecule has 0 aromatic heterocycles. The minimum Gasteiger partial charge on any atom is -0.388 e. The highest BCUT2D eigenvalue weighted by Crippen LogP contribution is 2.22. The van der Waals surface area contributed by atoms with Gasteiger partial charge in [-0.2, -0.15) is 0 Å². The molecule has 4 N–H and O–H groups in total. The quantitative estimate of drug-likeness (QED) is 0.0164. The van der Waals surface area contributed by atoms with Crippen molar-refractivity contribution in [1.29, 1.82) is 0 Å². The first-order valence-corrected chi connectivity index (χ1v) is 24.4. The summed E-state index contributed by atoms with van der Waals surface area (Å²) in [4.78, 5) is 24.9. The van der Waals surface area contributed by atoms with Crippen LogP contribution in [0.4, 0.5) is 0 Å². The van der Waals surface area contributed by atoms with Gasteiger partial charge in [-0.1, -0.05) is 159 Å². The summed E-state index contributed by atoms with van der Waals surface area (Å²) in [6.07, 6.45) is 20.4. The van der Waals surface area contributed by atoms with Gasteiger partial charge in [-0.05, 0) is 122 Å². The van der Waals surface area contributed by atoms with Crippen LogP contribution < -0.4 is 10.6 Å². The number of aliphatic hydroxyl groups is 2. The van der Waals surface area contributed by atoms with Crippen LogP contribution >= 0.6 is 0 Å². The predicted octanol–water partition coefficient (Wildman–Crippen LogP) is 11.2. The second kappa shape index (κ2) is 31.7. The first kappa shape index (κ1) is 55.3. The topological polar surface area (TPSA) is 117 Å². The van der Waals surface area contributed by atoms with E-state index >= 15 is 0 Å². The molecular formula is C61H74N2O6. The van der Waals surface area contributed by atoms with Crippen molar-refractivity contribution in [2.45, 2.75) is 105 Å². The van der Waals surface area contributed by atoms with Gasteiger partial charge in [-0.25, -0.2) is 0 Å². The number of unbranched alkanes of at least 4 members (excludes halogenated alkanes) is 2. The number of carbonyl (C=O) groups is 2. The van der Waals surface area contributed by atoms with Gasteiger partial charge in [0.05, 0.1) is 32.0 Å². The Morgan fingerprint density at radius 2 is 1.14 bits per heavy atom. The first-order chi connectivity index (χ1) is 33.4. The third-order valence-corrected chi connectivity index (χ3v) is 12.0. The Kier molecular flexibility index (Phi) is 25.4. The summed E-state index contributed by atoms with van der Waals surface area (Å²) >= 11 is 0. The van der Waals surface area contributed by atoms with Crippen molar-refractivity contribution in [3.05, 3.63) is 167 Å². The van der Waals surface area contributed by atoms with Crippen molar-refractivity contribution < 1.29 is 29.3 Å². The third kappa shape index (κ3) is 20.9. The van der Waals surface area contributed by atoms with Gasteiger partial charge in [0.25, 0.3) is 0 Å². The van der Waals surface area contributed by atoms with Crippen LogP contribution in [0.2, 0.25) is 0 Å². The largest absolute Gasteiger partial charge is 0.388 e. The molecular weight excluding hydrogens is 857 g/mol. The Morgan fingerprint density at radius 1 is 0.594 bits per heavy atom. The number of rotatable bonds is 26. The van der Waals surface area contributed by atoms with Gasteiger partial charge in [-0.3, -0.25) is 9.59 Å². The SMILES string of the molecule is C/C(=C\CCC#C/C=C/C(C)C(O)/C(C)=C/CCc1cccc2ccccc12)C(=O)NCCOCCOCNC(=O)/C(C)=C/CCC#C/C=C/C(C)C(O)/C(C)=C/CCc1ccc2ccccc2c1. The van der Waals surface area contributed by atoms with E-state index in [1.807, 2.05) is 52.0 Å². The summed E-state index contributed by atoms with van der Waals surface area (Å²) in [6, 6.07) is 29.8. The number of fused-ring (bicyclic) bond motifs is 2. The van der Waals surface area contributed by atoms with Crippen molar-refractivity contribution in [3.8, 4) is 23.7 Å². The lowest BCUT2D eigenvalue weighted by molar-refractivity contribution is -0.119. The van der Waals surface area contributed by atoms with Crippen LogP contribution in [0.5, 0.6) is 0 Å². The number of aliphatic hydroxyl groups excluding tert-OH is 2. The Labute approximate surface area is 412 Å². The summed E-state index contributed by atoms with van der Waals surface area (Å²) in [5, 5.41) is 32.2. The smallest absolute Gasteiger partial charge is 0.248 e. The van der Waals surface area contributed by atoms with Gasteiger partial charge >= 0.3 is 0 Å². The van der Waals surface area contributed by atoms with E-state index in [2.05, 4.69) is 131 Å². The van der Waals surface area contributed by atoms with E-state index in [9.17, 15) is 19.8 Å². The molecule has 0 heterocycles. The van der Waals surface area contributed by atoms with Crippen molar-refractivity contribution in [1.82, 2.24) is 10.6 Å². The fourth-order valence-corrected chi connectivity index (χ4v) is 7.60. The molecule has 2 amide bonds. The van der Waals surface area contributed by atoms with Crippen LogP contribution in [0.25, 0.3) is 21.5 Å². The monoisotopic (exact) mass is 931 g/mol. The van der Waals surface area contributed by atoms with Crippen LogP contribution in [0, 0.1) is 35.5 Å². The normalized spacial score (nSPS) is 14.3. The fraction of sp³-hybridized carbons (Fsp3) is 0.377. The molecule has 0 aliphatic carbocycles. The molecule has 4 aromatic carbocycles. The second-order valence-corrected chi connectivity index (χ2v) is 17.5. The Balaban J connectivity index is 0.973. The lowest BCUT2D eigenvalue weighted by atomic mass is 9.95. The summed E-state index contributed by atoms with van der Waals surface area (Å²) < 4.78 is 11.0. The van der Waals surface area contributed by atoms with Crippen molar-refractivity contribution in [3.63, 3.8) is 0 Å². The zero-order valence-electron chi connectivity index (χ0n) is 41.7. The number of ether oxygens (including phenoxy) is 2. The second-order valence-electron chi connectivity index (χ2n) is 17.5. The van der Waals surface area contributed by atoms with Gasteiger partial charge < -0.3 is 30.3 Å². The maximum absolute atomic E-state index is 12.5. The molecule has 0 aliphatic heterocycles. The molecule has 0 bridgehead atoms. The van der Waals surface area contributed by atoms with Gasteiger partial charge in [0.15, 0.2) is 0 Å². The number of hydrogen-bond donors (Lipinski definition) is 4. The molecule has 8 nitrogen and oxygen atoms in total. The molecule has 4 rings (SSSR count). The molecule has 4 atom stereocenters. The van der Waals surface area contributed by atoms with Gasteiger partial charge in [-0.15, -0.1) is 0 Å². The molecule has 0 aliphatic rings. The lowest BCUT2D eigenvalue weighted by Gasteiger charge is -2.16. The van der Waals surface area contributed by atoms with E-state index in [0.717, 1.165) is 36.8 Å². The Morgan fingerprint density at radius 3 is 1.80 bits per heavy atom. The number of amides is 2. The standard InChI is InChI=1S/C61H74N2O6/c1-46(58(64)48(3)28-21-30-52-38-39-53-31-17-18-33-56(53)44-52)24-13-10-8-12-16-27-51(6)61(67)63-45-69-43-42-68-41-40-62-60(66)50(5)26-15-11-7-9-14-25-47(2)59(65)49(4)29-22-34-55-36-23-35-54-32-19-20-37-57(54)55/h13-14,17-20,23-29,31-33,35-39,44,46-47,58-59,64-65H,11-12,15-16,21-22,30,34,40-43,45H2,1-6H3,(H,62,66)(H,63,67)/b24-13+,25-14+,48-28+,49-29+,50-26+,51-27+. The molecule has 4 aromatic rings. The number of allylic oxidation sites excluding steroid dienone is 6. The van der Waals surface area contributed by atoms with Crippen LogP contribution in [-0.4, -0.2) is 67.3 Å². The number of carbonyl (C=O) groups excluding carboxylic acids is 2. The van der Waals surface area contributed by atoms with E-state index in [4.69, 9.17) is 9.47 Å². The molecule has 0 saturated carbocycles. The molecule has 0 radical (unpaired) electrons. The summed E-state index contributed by atoms with van der Waals surface area (Å²) in [5.41, 5.74) is 5.75. The van der Waals surface area contributed by atoms with Crippen molar-refractivity contribution in [2.24, 2.45) is 11.8 Å². The average Bonchev–Trinajstić information content (AvgIpc) is 3.36. The number of aryl methyl sites for hydroxylation is 2. The first-order valence-electron chi connectivity index (χ1n) is 24.4. The maximum Gasteiger partial charge on any atom is 0.248 e. The van der Waals surface area contributed by atoms with E-state index in [-0.39, 0.29) is 30.4 Å². The minimum absolute atomic E-state index is 0.0616. The predicted molar refractivity (Wildman–Crippen MR) is 285 cm³/mol. The minimum atomic E-state index is -0.566. The van der Waals surface area contributed by atoms with E-state index in [1.165, 1.54) is 32.7 Å². The summed E-state index contributed by atoms with van der Waals surface area (Å²) in [7, 11) is 0. The zero-order chi connectivity index (χ0) is 49.6. The number of benzene rings is 4. The molecule has 4 unspecified atom stereocenters. The molecule has 0 fully saturated rings. The highest BCUT2D eigenvalue weighted by molar-refractivity contribution is 5.93. The van der Waals surface area contributed by atoms with Gasteiger partial charge in [0, 0.05) is 42.4 Å². The third-order valence-electron chi connectivity index (χ3n) is 12.0. The fourth-order valence-electron chi connectivity index (χ4n) is 7.60. The van der Waals surface area contributed by atoms with Crippen molar-refractivity contribution >= 4 is 33.4 Å². The Bertz CT molecular complexity index is 2570. The molecule has 8 heteroatoms. The maximum atomic E-state index is 12.5. The molecule has 0 saturated heterocycles. The van der Waals surface area contributed by atoms with E-state index < -0.39 is 12.2 Å². The number of hydrogen-bond acceptors (Lipinski definition) is 6. The summed E-state index contributed by atoms with van der Waals surface area (Å²) in [5.74, 6) is 11.8. The highest BCUT2D eigenvalue weighted by atomic mass is 16.5. The Hall–Kier alpha value is -6.26. The van der Waals surface area contributed by atoms with E-state index in [0.29, 0.717) is 63.2 Å². The summed E-state index contributed by atoms with van der Waals surface area (Å²) in [6.45, 7) is 12.9. The van der Waals surface area contributed by atoms with Crippen LogP contribution in [0.1, 0.15) is 91.2 Å². The molecule has 69 heavy (non-hydrogen) atoms. The van der Waals surface area contributed by atoms with Crippen LogP contribution in [-0.2, 0) is 31.9 Å². The molecule has 0 spiro atoms. The van der Waals surface area contributed by atoms with Gasteiger partial charge in [0.2, 0.25) is 11.8 Å². The average molecular weight is 931 g/mol. The van der Waals surface area contributed by atoms with E-state index in [1.54, 1.807) is 26.0 Å². The number of nitrogens with one attached hydrogen (secondary N) is 2. The van der Waals surface area contributed by atoms with Crippen molar-refractivity contribution in [2.75, 3.05) is 33.1 Å². The highest BCUT2D eigenvalue weighted by Gasteiger charge is 2.14.